The third-order valence-electron chi connectivity index (χ3n) is 4.00. The lowest BCUT2D eigenvalue weighted by molar-refractivity contribution is 0.102. The fraction of sp³-hybridized carbons (Fsp3) is 0.444. The quantitative estimate of drug-likeness (QED) is 0.587. The Morgan fingerprint density at radius 3 is 2.79 bits per heavy atom. The van der Waals surface area contributed by atoms with Crippen LogP contribution < -0.4 is 9.47 Å². The predicted molar refractivity (Wildman–Crippen MR) is 94.2 cm³/mol. The molecule has 1 aromatic heterocycles. The molecule has 0 saturated heterocycles. The van der Waals surface area contributed by atoms with Gasteiger partial charge in [0.05, 0.1) is 11.4 Å². The molecule has 1 aromatic carbocycles. The van der Waals surface area contributed by atoms with Gasteiger partial charge in [-0.15, -0.1) is 0 Å². The summed E-state index contributed by atoms with van der Waals surface area (Å²) < 4.78 is 12.8. The maximum Gasteiger partial charge on any atom is 0.231 e. The van der Waals surface area contributed by atoms with Gasteiger partial charge in [0, 0.05) is 17.8 Å². The van der Waals surface area contributed by atoms with Crippen molar-refractivity contribution in [2.75, 3.05) is 12.5 Å². The summed E-state index contributed by atoms with van der Waals surface area (Å²) in [5.74, 6) is 2.28. The number of aromatic nitrogens is 2. The molecule has 24 heavy (non-hydrogen) atoms. The lowest BCUT2D eigenvalue weighted by atomic mass is 10.1. The van der Waals surface area contributed by atoms with Crippen LogP contribution in [0.3, 0.4) is 0 Å². The molecule has 0 bridgehead atoms. The number of thioether (sulfide) groups is 1. The number of benzene rings is 1. The van der Waals surface area contributed by atoms with Crippen LogP contribution in [0.5, 0.6) is 11.5 Å². The normalized spacial score (nSPS) is 12.9. The summed E-state index contributed by atoms with van der Waals surface area (Å²) in [5.41, 5.74) is 2.83. The van der Waals surface area contributed by atoms with E-state index in [1.54, 1.807) is 18.2 Å². The summed E-state index contributed by atoms with van der Waals surface area (Å²) in [7, 11) is 0. The number of ether oxygens (including phenoxy) is 2. The Labute approximate surface area is 146 Å². The van der Waals surface area contributed by atoms with E-state index in [0.717, 1.165) is 17.4 Å². The van der Waals surface area contributed by atoms with E-state index in [-0.39, 0.29) is 12.6 Å². The molecular weight excluding hydrogens is 324 g/mol. The lowest BCUT2D eigenvalue weighted by Gasteiger charge is -2.12. The predicted octanol–water partition coefficient (Wildman–Crippen LogP) is 3.86. The van der Waals surface area contributed by atoms with Crippen molar-refractivity contribution in [3.63, 3.8) is 0 Å². The number of Topliss-reactive ketones (excluding diaryl/α,β-unsaturated/α-hetero) is 1. The molecule has 1 aliphatic heterocycles. The number of aryl methyl sites for hydroxylation is 1. The zero-order valence-corrected chi connectivity index (χ0v) is 15.3. The Morgan fingerprint density at radius 1 is 1.29 bits per heavy atom. The average Bonchev–Trinajstić information content (AvgIpc) is 3.11. The van der Waals surface area contributed by atoms with Crippen LogP contribution in [-0.2, 0) is 6.54 Å². The molecule has 6 heteroatoms. The average molecular weight is 346 g/mol. The van der Waals surface area contributed by atoms with E-state index in [0.29, 0.717) is 28.7 Å². The summed E-state index contributed by atoms with van der Waals surface area (Å²) in [4.78, 5) is 17.1. The molecular formula is C18H22N2O3S. The van der Waals surface area contributed by atoms with Crippen molar-refractivity contribution in [1.29, 1.82) is 0 Å². The van der Waals surface area contributed by atoms with Gasteiger partial charge in [0.25, 0.3) is 0 Å². The Balaban J connectivity index is 1.71. The van der Waals surface area contributed by atoms with Crippen LogP contribution in [0.4, 0.5) is 0 Å². The van der Waals surface area contributed by atoms with Crippen molar-refractivity contribution < 1.29 is 14.3 Å². The molecule has 0 unspecified atom stereocenters. The number of fused-ring (bicyclic) bond motifs is 1. The second kappa shape index (κ2) is 6.89. The van der Waals surface area contributed by atoms with Gasteiger partial charge in [-0.3, -0.25) is 4.79 Å². The fourth-order valence-corrected chi connectivity index (χ4v) is 3.59. The maximum atomic E-state index is 12.5. The minimum Gasteiger partial charge on any atom is -0.454 e. The van der Waals surface area contributed by atoms with E-state index in [1.165, 1.54) is 17.5 Å². The van der Waals surface area contributed by atoms with Crippen molar-refractivity contribution in [3.8, 4) is 11.5 Å². The van der Waals surface area contributed by atoms with Crippen LogP contribution in [0.15, 0.2) is 23.4 Å². The van der Waals surface area contributed by atoms with Crippen LogP contribution in [0.2, 0.25) is 0 Å². The first kappa shape index (κ1) is 16.9. The van der Waals surface area contributed by atoms with Crippen molar-refractivity contribution in [1.82, 2.24) is 9.55 Å². The zero-order valence-electron chi connectivity index (χ0n) is 14.5. The molecule has 128 valence electrons. The summed E-state index contributed by atoms with van der Waals surface area (Å²) in [6.45, 7) is 9.58. The highest BCUT2D eigenvalue weighted by Crippen LogP contribution is 2.33. The van der Waals surface area contributed by atoms with Gasteiger partial charge in [-0.1, -0.05) is 25.6 Å². The van der Waals surface area contributed by atoms with Gasteiger partial charge in [0.1, 0.15) is 0 Å². The smallest absolute Gasteiger partial charge is 0.231 e. The Morgan fingerprint density at radius 2 is 2.04 bits per heavy atom. The topological polar surface area (TPSA) is 53.4 Å². The number of imidazole rings is 1. The molecule has 0 aliphatic carbocycles. The van der Waals surface area contributed by atoms with E-state index in [1.807, 2.05) is 6.92 Å². The first-order chi connectivity index (χ1) is 11.5. The summed E-state index contributed by atoms with van der Waals surface area (Å²) >= 11 is 1.49. The highest BCUT2D eigenvalue weighted by molar-refractivity contribution is 7.99. The highest BCUT2D eigenvalue weighted by Gasteiger charge is 2.18. The molecule has 0 spiro atoms. The molecule has 0 amide bonds. The van der Waals surface area contributed by atoms with Gasteiger partial charge < -0.3 is 14.0 Å². The first-order valence-corrected chi connectivity index (χ1v) is 9.03. The second-order valence-corrected chi connectivity index (χ2v) is 7.29. The standard InChI is InChI=1S/C18H22N2O3S/c1-11(2)8-20-13(4)12(3)19-18(20)24-9-15(21)14-5-6-16-17(7-14)23-10-22-16/h5-7,11H,8-10H2,1-4H3. The number of ketones is 1. The number of carbonyl (C=O) groups is 1. The Bertz CT molecular complexity index is 768. The number of carbonyl (C=O) groups excluding carboxylic acids is 1. The van der Waals surface area contributed by atoms with E-state index < -0.39 is 0 Å². The van der Waals surface area contributed by atoms with Gasteiger partial charge in [-0.25, -0.2) is 4.98 Å². The molecule has 0 N–H and O–H groups in total. The fourth-order valence-electron chi connectivity index (χ4n) is 2.60. The second-order valence-electron chi connectivity index (χ2n) is 6.35. The van der Waals surface area contributed by atoms with E-state index in [9.17, 15) is 4.79 Å². The Hall–Kier alpha value is -1.95. The maximum absolute atomic E-state index is 12.5. The van der Waals surface area contributed by atoms with E-state index in [4.69, 9.17) is 9.47 Å². The van der Waals surface area contributed by atoms with Crippen LogP contribution in [-0.4, -0.2) is 27.9 Å². The lowest BCUT2D eigenvalue weighted by Crippen LogP contribution is -2.09. The van der Waals surface area contributed by atoms with Gasteiger partial charge >= 0.3 is 0 Å². The molecule has 0 fully saturated rings. The van der Waals surface area contributed by atoms with Crippen LogP contribution in [0.1, 0.15) is 35.6 Å². The molecule has 3 rings (SSSR count). The number of hydrogen-bond acceptors (Lipinski definition) is 5. The first-order valence-electron chi connectivity index (χ1n) is 8.05. The van der Waals surface area contributed by atoms with Crippen molar-refractivity contribution in [2.45, 2.75) is 39.4 Å². The van der Waals surface area contributed by atoms with Crippen LogP contribution in [0.25, 0.3) is 0 Å². The summed E-state index contributed by atoms with van der Waals surface area (Å²) in [5, 5.41) is 0.910. The molecule has 0 radical (unpaired) electrons. The van der Waals surface area contributed by atoms with Crippen LogP contribution in [0, 0.1) is 19.8 Å². The SMILES string of the molecule is Cc1nc(SCC(=O)c2ccc3c(c2)OCO3)n(CC(C)C)c1C. The van der Waals surface area contributed by atoms with Gasteiger partial charge in [0.15, 0.2) is 22.4 Å². The summed E-state index contributed by atoms with van der Waals surface area (Å²) in [6.07, 6.45) is 0. The Kier molecular flexibility index (Phi) is 4.85. The third kappa shape index (κ3) is 3.43. The van der Waals surface area contributed by atoms with Gasteiger partial charge in [-0.2, -0.15) is 0 Å². The third-order valence-corrected chi connectivity index (χ3v) is 4.97. The van der Waals surface area contributed by atoms with Crippen molar-refractivity contribution in [3.05, 3.63) is 35.2 Å². The summed E-state index contributed by atoms with van der Waals surface area (Å²) in [6, 6.07) is 5.32. The van der Waals surface area contributed by atoms with Gasteiger partial charge in [0.2, 0.25) is 6.79 Å². The van der Waals surface area contributed by atoms with Gasteiger partial charge in [-0.05, 0) is 38.0 Å². The van der Waals surface area contributed by atoms with Crippen molar-refractivity contribution in [2.24, 2.45) is 5.92 Å². The molecule has 0 atom stereocenters. The van der Waals surface area contributed by atoms with Crippen LogP contribution >= 0.6 is 11.8 Å². The monoisotopic (exact) mass is 346 g/mol. The molecule has 5 nitrogen and oxygen atoms in total. The number of nitrogens with zero attached hydrogens (tertiary/aromatic N) is 2. The van der Waals surface area contributed by atoms with E-state index >= 15 is 0 Å². The number of rotatable bonds is 6. The molecule has 2 aromatic rings. The molecule has 2 heterocycles. The largest absolute Gasteiger partial charge is 0.454 e. The van der Waals surface area contributed by atoms with Crippen molar-refractivity contribution >= 4 is 17.5 Å². The minimum absolute atomic E-state index is 0.0627. The molecule has 1 aliphatic rings. The molecule has 0 saturated carbocycles. The van der Waals surface area contributed by atoms with E-state index in [2.05, 4.69) is 30.3 Å². The minimum atomic E-state index is 0.0627. The highest BCUT2D eigenvalue weighted by atomic mass is 32.2. The zero-order chi connectivity index (χ0) is 17.3. The number of hydrogen-bond donors (Lipinski definition) is 0.